The van der Waals surface area contributed by atoms with Crippen molar-refractivity contribution in [1.82, 2.24) is 5.32 Å². The van der Waals surface area contributed by atoms with E-state index in [0.717, 1.165) is 22.9 Å². The molecule has 1 aromatic rings. The lowest BCUT2D eigenvalue weighted by Crippen LogP contribution is -2.40. The average molecular weight is 364 g/mol. The molecular formula is C16H21BrF3N. The van der Waals surface area contributed by atoms with Crippen molar-refractivity contribution in [3.05, 3.63) is 34.3 Å². The molecule has 1 aliphatic rings. The number of alkyl halides is 3. The molecule has 0 aliphatic heterocycles. The van der Waals surface area contributed by atoms with Crippen molar-refractivity contribution in [2.45, 2.75) is 44.3 Å². The van der Waals surface area contributed by atoms with Gasteiger partial charge in [0.05, 0.1) is 5.92 Å². The Balaban J connectivity index is 2.01. The van der Waals surface area contributed by atoms with Gasteiger partial charge in [-0.2, -0.15) is 13.2 Å². The summed E-state index contributed by atoms with van der Waals surface area (Å²) in [4.78, 5) is 0. The SMILES string of the molecule is CNC(Cc1ccc(Br)cc1)C1CCCC(C(F)(F)F)C1. The van der Waals surface area contributed by atoms with Crippen LogP contribution in [0.3, 0.4) is 0 Å². The van der Waals surface area contributed by atoms with Gasteiger partial charge in [-0.3, -0.25) is 0 Å². The van der Waals surface area contributed by atoms with Crippen molar-refractivity contribution >= 4 is 15.9 Å². The molecule has 118 valence electrons. The van der Waals surface area contributed by atoms with Gasteiger partial charge in [0.25, 0.3) is 0 Å². The van der Waals surface area contributed by atoms with Crippen LogP contribution in [-0.4, -0.2) is 19.3 Å². The van der Waals surface area contributed by atoms with E-state index in [0.29, 0.717) is 6.42 Å². The van der Waals surface area contributed by atoms with E-state index in [1.54, 1.807) is 0 Å². The Hall–Kier alpha value is -0.550. The Bertz CT molecular complexity index is 444. The molecule has 5 heteroatoms. The first kappa shape index (κ1) is 16.8. The van der Waals surface area contributed by atoms with Crippen LogP contribution in [0.15, 0.2) is 28.7 Å². The summed E-state index contributed by atoms with van der Waals surface area (Å²) in [6.45, 7) is 0. The third-order valence-electron chi connectivity index (χ3n) is 4.49. The average Bonchev–Trinajstić information content (AvgIpc) is 2.46. The van der Waals surface area contributed by atoms with Crippen molar-refractivity contribution in [3.8, 4) is 0 Å². The molecular weight excluding hydrogens is 343 g/mol. The molecule has 1 nitrogen and oxygen atoms in total. The second kappa shape index (κ2) is 7.14. The van der Waals surface area contributed by atoms with Gasteiger partial charge in [-0.25, -0.2) is 0 Å². The van der Waals surface area contributed by atoms with Crippen LogP contribution in [0.25, 0.3) is 0 Å². The molecule has 3 unspecified atom stereocenters. The molecule has 1 aliphatic carbocycles. The van der Waals surface area contributed by atoms with Crippen LogP contribution in [0.1, 0.15) is 31.2 Å². The molecule has 0 bridgehead atoms. The van der Waals surface area contributed by atoms with Gasteiger partial charge in [0, 0.05) is 10.5 Å². The summed E-state index contributed by atoms with van der Waals surface area (Å²) in [6.07, 6.45) is -1.17. The fourth-order valence-corrected chi connectivity index (χ4v) is 3.53. The smallest absolute Gasteiger partial charge is 0.316 e. The van der Waals surface area contributed by atoms with Crippen LogP contribution in [0.4, 0.5) is 13.2 Å². The van der Waals surface area contributed by atoms with Crippen LogP contribution >= 0.6 is 15.9 Å². The fraction of sp³-hybridized carbons (Fsp3) is 0.625. The van der Waals surface area contributed by atoms with E-state index in [1.165, 1.54) is 0 Å². The van der Waals surface area contributed by atoms with Crippen LogP contribution in [-0.2, 0) is 6.42 Å². The Labute approximate surface area is 132 Å². The Morgan fingerprint density at radius 2 is 1.90 bits per heavy atom. The zero-order valence-electron chi connectivity index (χ0n) is 12.1. The van der Waals surface area contributed by atoms with Crippen molar-refractivity contribution in [2.75, 3.05) is 7.05 Å². The van der Waals surface area contributed by atoms with Gasteiger partial charge in [0.2, 0.25) is 0 Å². The highest BCUT2D eigenvalue weighted by Crippen LogP contribution is 2.41. The predicted octanol–water partition coefficient (Wildman–Crippen LogP) is 4.95. The van der Waals surface area contributed by atoms with Crippen LogP contribution < -0.4 is 5.32 Å². The second-order valence-corrected chi connectivity index (χ2v) is 6.81. The maximum atomic E-state index is 12.9. The molecule has 1 fully saturated rings. The lowest BCUT2D eigenvalue weighted by Gasteiger charge is -2.35. The molecule has 2 rings (SSSR count). The van der Waals surface area contributed by atoms with Crippen LogP contribution in [0.2, 0.25) is 0 Å². The first-order valence-corrected chi connectivity index (χ1v) is 8.18. The van der Waals surface area contributed by atoms with Crippen LogP contribution in [0, 0.1) is 11.8 Å². The van der Waals surface area contributed by atoms with Crippen LogP contribution in [0.5, 0.6) is 0 Å². The van der Waals surface area contributed by atoms with E-state index in [1.807, 2.05) is 31.3 Å². The molecule has 3 atom stereocenters. The molecule has 1 saturated carbocycles. The van der Waals surface area contributed by atoms with Crippen molar-refractivity contribution in [3.63, 3.8) is 0 Å². The highest BCUT2D eigenvalue weighted by molar-refractivity contribution is 9.10. The molecule has 0 spiro atoms. The van der Waals surface area contributed by atoms with E-state index in [-0.39, 0.29) is 24.8 Å². The number of likely N-dealkylation sites (N-methyl/N-ethyl adjacent to an activating group) is 1. The van der Waals surface area contributed by atoms with Gasteiger partial charge in [-0.15, -0.1) is 0 Å². The number of halogens is 4. The minimum absolute atomic E-state index is 0.0963. The number of hydrogen-bond donors (Lipinski definition) is 1. The van der Waals surface area contributed by atoms with Gasteiger partial charge in [0.15, 0.2) is 0 Å². The summed E-state index contributed by atoms with van der Waals surface area (Å²) < 4.78 is 39.8. The summed E-state index contributed by atoms with van der Waals surface area (Å²) in [5, 5.41) is 3.23. The molecule has 0 heterocycles. The standard InChI is InChI=1S/C16H21BrF3N/c1-21-15(9-11-5-7-14(17)8-6-11)12-3-2-4-13(10-12)16(18,19)20/h5-8,12-13,15,21H,2-4,9-10H2,1H3. The topological polar surface area (TPSA) is 12.0 Å². The third-order valence-corrected chi connectivity index (χ3v) is 5.02. The number of hydrogen-bond acceptors (Lipinski definition) is 1. The zero-order valence-corrected chi connectivity index (χ0v) is 13.7. The number of benzene rings is 1. The van der Waals surface area contributed by atoms with Gasteiger partial charge in [0.1, 0.15) is 0 Å². The van der Waals surface area contributed by atoms with Crippen molar-refractivity contribution < 1.29 is 13.2 Å². The molecule has 0 radical (unpaired) electrons. The molecule has 1 N–H and O–H groups in total. The summed E-state index contributed by atoms with van der Waals surface area (Å²) in [7, 11) is 1.85. The van der Waals surface area contributed by atoms with Gasteiger partial charge in [-0.1, -0.05) is 34.5 Å². The fourth-order valence-electron chi connectivity index (χ4n) is 3.27. The minimum atomic E-state index is -4.05. The van der Waals surface area contributed by atoms with Crippen molar-refractivity contribution in [1.29, 1.82) is 0 Å². The molecule has 21 heavy (non-hydrogen) atoms. The van der Waals surface area contributed by atoms with Gasteiger partial charge in [-0.05, 0) is 56.3 Å². The number of nitrogens with one attached hydrogen (secondary N) is 1. The summed E-state index contributed by atoms with van der Waals surface area (Å²) in [5.41, 5.74) is 1.16. The molecule has 0 aromatic heterocycles. The first-order chi connectivity index (χ1) is 9.90. The molecule has 1 aromatic carbocycles. The molecule has 0 saturated heterocycles. The first-order valence-electron chi connectivity index (χ1n) is 7.38. The Morgan fingerprint density at radius 3 is 2.48 bits per heavy atom. The van der Waals surface area contributed by atoms with E-state index in [4.69, 9.17) is 0 Å². The summed E-state index contributed by atoms with van der Waals surface area (Å²) in [6, 6.07) is 8.11. The van der Waals surface area contributed by atoms with E-state index in [9.17, 15) is 13.2 Å². The largest absolute Gasteiger partial charge is 0.391 e. The maximum absolute atomic E-state index is 12.9. The van der Waals surface area contributed by atoms with E-state index in [2.05, 4.69) is 21.2 Å². The lowest BCUT2D eigenvalue weighted by molar-refractivity contribution is -0.186. The quantitative estimate of drug-likeness (QED) is 0.797. The second-order valence-electron chi connectivity index (χ2n) is 5.89. The lowest BCUT2D eigenvalue weighted by atomic mass is 9.76. The van der Waals surface area contributed by atoms with Gasteiger partial charge >= 0.3 is 6.18 Å². The van der Waals surface area contributed by atoms with Crippen molar-refractivity contribution in [2.24, 2.45) is 11.8 Å². The van der Waals surface area contributed by atoms with E-state index >= 15 is 0 Å². The van der Waals surface area contributed by atoms with Gasteiger partial charge < -0.3 is 5.32 Å². The third kappa shape index (κ3) is 4.71. The summed E-state index contributed by atoms with van der Waals surface area (Å²) in [5.74, 6) is -1.03. The maximum Gasteiger partial charge on any atom is 0.391 e. The molecule has 0 amide bonds. The zero-order chi connectivity index (χ0) is 15.5. The Morgan fingerprint density at radius 1 is 1.24 bits per heavy atom. The highest BCUT2D eigenvalue weighted by atomic mass is 79.9. The summed E-state index contributed by atoms with van der Waals surface area (Å²) >= 11 is 3.39. The number of rotatable bonds is 4. The monoisotopic (exact) mass is 363 g/mol. The normalized spacial score (nSPS) is 24.8. The predicted molar refractivity (Wildman–Crippen MR) is 82.2 cm³/mol. The highest BCUT2D eigenvalue weighted by Gasteiger charge is 2.43. The minimum Gasteiger partial charge on any atom is -0.316 e. The van der Waals surface area contributed by atoms with E-state index < -0.39 is 12.1 Å². The Kier molecular flexibility index (Phi) is 5.72.